The van der Waals surface area contributed by atoms with Crippen LogP contribution < -0.4 is 21.3 Å². The highest BCUT2D eigenvalue weighted by molar-refractivity contribution is 5.74. The molecule has 3 aromatic rings. The zero-order valence-corrected chi connectivity index (χ0v) is 17.7. The van der Waals surface area contributed by atoms with Crippen molar-refractivity contribution >= 4 is 17.1 Å². The van der Waals surface area contributed by atoms with Crippen molar-refractivity contribution in [3.63, 3.8) is 0 Å². The summed E-state index contributed by atoms with van der Waals surface area (Å²) in [4.78, 5) is 31.6. The van der Waals surface area contributed by atoms with Gasteiger partial charge < -0.3 is 24.6 Å². The van der Waals surface area contributed by atoms with Gasteiger partial charge in [0.2, 0.25) is 5.95 Å². The maximum absolute atomic E-state index is 12.8. The molecule has 162 valence electrons. The molecule has 10 heteroatoms. The van der Waals surface area contributed by atoms with E-state index >= 15 is 0 Å². The summed E-state index contributed by atoms with van der Waals surface area (Å²) in [6.07, 6.45) is -0.890. The van der Waals surface area contributed by atoms with E-state index in [2.05, 4.69) is 10.3 Å². The molecule has 0 aliphatic rings. The van der Waals surface area contributed by atoms with E-state index in [1.165, 1.54) is 11.6 Å². The van der Waals surface area contributed by atoms with Crippen molar-refractivity contribution < 1.29 is 9.84 Å². The van der Waals surface area contributed by atoms with Gasteiger partial charge in [-0.05, 0) is 26.2 Å². The quantitative estimate of drug-likeness (QED) is 0.500. The Kier molecular flexibility index (Phi) is 6.58. The number of hydrogen-bond donors (Lipinski definition) is 2. The van der Waals surface area contributed by atoms with E-state index in [0.717, 1.165) is 11.1 Å². The molecule has 0 radical (unpaired) electrons. The number of ether oxygens (including phenoxy) is 1. The van der Waals surface area contributed by atoms with Crippen molar-refractivity contribution in [3.05, 3.63) is 51.2 Å². The summed E-state index contributed by atoms with van der Waals surface area (Å²) in [5.41, 5.74) is -0.389. The number of likely N-dealkylation sites (N-methyl/N-ethyl adjacent to an activating group) is 1. The first-order valence-corrected chi connectivity index (χ1v) is 9.70. The molecular formula is C20H28N6O4. The zero-order chi connectivity index (χ0) is 21.8. The number of fused-ring (bicyclic) bond motifs is 1. The molecule has 10 nitrogen and oxygen atoms in total. The van der Waals surface area contributed by atoms with Crippen LogP contribution in [0.2, 0.25) is 0 Å². The minimum absolute atomic E-state index is 0.0485. The molecule has 0 fully saturated rings. The maximum atomic E-state index is 12.8. The first kappa shape index (κ1) is 21.6. The van der Waals surface area contributed by atoms with E-state index in [4.69, 9.17) is 4.74 Å². The van der Waals surface area contributed by atoms with Gasteiger partial charge in [0.15, 0.2) is 11.2 Å². The molecule has 30 heavy (non-hydrogen) atoms. The monoisotopic (exact) mass is 416 g/mol. The van der Waals surface area contributed by atoms with E-state index < -0.39 is 17.4 Å². The Morgan fingerprint density at radius 2 is 1.87 bits per heavy atom. The largest absolute Gasteiger partial charge is 0.491 e. The first-order valence-electron chi connectivity index (χ1n) is 9.70. The molecule has 2 N–H and O–H groups in total. The normalized spacial score (nSPS) is 12.5. The Morgan fingerprint density at radius 3 is 2.53 bits per heavy atom. The molecule has 0 saturated heterocycles. The number of anilines is 1. The summed E-state index contributed by atoms with van der Waals surface area (Å²) in [6, 6.07) is 9.19. The zero-order valence-electron chi connectivity index (χ0n) is 17.7. The van der Waals surface area contributed by atoms with Gasteiger partial charge in [0.25, 0.3) is 5.56 Å². The predicted molar refractivity (Wildman–Crippen MR) is 115 cm³/mol. The number of aromatic nitrogens is 4. The minimum atomic E-state index is -0.890. The van der Waals surface area contributed by atoms with Crippen molar-refractivity contribution in [1.82, 2.24) is 23.6 Å². The Labute approximate surface area is 173 Å². The average molecular weight is 416 g/mol. The number of nitrogens with one attached hydrogen (secondary N) is 1. The van der Waals surface area contributed by atoms with Crippen LogP contribution in [-0.4, -0.2) is 68.6 Å². The van der Waals surface area contributed by atoms with Crippen LogP contribution in [0.4, 0.5) is 5.95 Å². The van der Waals surface area contributed by atoms with Crippen LogP contribution in [0, 0.1) is 0 Å². The summed E-state index contributed by atoms with van der Waals surface area (Å²) < 4.78 is 9.61. The van der Waals surface area contributed by atoms with Crippen molar-refractivity contribution in [1.29, 1.82) is 0 Å². The van der Waals surface area contributed by atoms with Crippen LogP contribution in [0.3, 0.4) is 0 Å². The molecule has 2 heterocycles. The molecule has 0 spiro atoms. The number of hydrogen-bond acceptors (Lipinski definition) is 7. The maximum Gasteiger partial charge on any atom is 0.332 e. The van der Waals surface area contributed by atoms with E-state index in [9.17, 15) is 14.7 Å². The lowest BCUT2D eigenvalue weighted by atomic mass is 10.3. The van der Waals surface area contributed by atoms with Gasteiger partial charge in [0.1, 0.15) is 18.5 Å². The van der Waals surface area contributed by atoms with Gasteiger partial charge in [0.05, 0.1) is 6.54 Å². The molecule has 2 aromatic heterocycles. The van der Waals surface area contributed by atoms with Gasteiger partial charge in [-0.2, -0.15) is 4.98 Å². The number of imidazole rings is 1. The second-order valence-electron chi connectivity index (χ2n) is 7.43. The number of rotatable bonds is 9. The number of aliphatic hydroxyl groups is 1. The number of aryl methyl sites for hydroxylation is 1. The van der Waals surface area contributed by atoms with E-state index in [0.29, 0.717) is 18.2 Å². The van der Waals surface area contributed by atoms with Crippen LogP contribution in [-0.2, 0) is 20.6 Å². The minimum Gasteiger partial charge on any atom is -0.491 e. The second-order valence-corrected chi connectivity index (χ2v) is 7.43. The fraction of sp³-hybridized carbons (Fsp3) is 0.450. The summed E-state index contributed by atoms with van der Waals surface area (Å²) in [6.45, 7) is 1.47. The molecule has 0 unspecified atom stereocenters. The molecule has 0 amide bonds. The number of nitrogens with zero attached hydrogens (tertiary/aromatic N) is 5. The van der Waals surface area contributed by atoms with Crippen molar-refractivity contribution in [3.8, 4) is 5.75 Å². The van der Waals surface area contributed by atoms with Gasteiger partial charge >= 0.3 is 5.69 Å². The highest BCUT2D eigenvalue weighted by atomic mass is 16.5. The highest BCUT2D eigenvalue weighted by Crippen LogP contribution is 2.17. The smallest absolute Gasteiger partial charge is 0.332 e. The Hall–Kier alpha value is -3.11. The lowest BCUT2D eigenvalue weighted by Gasteiger charge is -2.17. The number of aliphatic hydroxyl groups excluding tert-OH is 1. The molecular weight excluding hydrogens is 388 g/mol. The highest BCUT2D eigenvalue weighted by Gasteiger charge is 2.21. The van der Waals surface area contributed by atoms with Crippen LogP contribution in [0.25, 0.3) is 11.2 Å². The molecule has 0 aliphatic heterocycles. The molecule has 1 aromatic carbocycles. The van der Waals surface area contributed by atoms with E-state index in [1.807, 2.05) is 37.2 Å². The van der Waals surface area contributed by atoms with Crippen LogP contribution in [0.1, 0.15) is 0 Å². The molecule has 0 aliphatic carbocycles. The Bertz CT molecular complexity index is 1120. The molecule has 3 rings (SSSR count). The fourth-order valence-electron chi connectivity index (χ4n) is 3.12. The third-order valence-corrected chi connectivity index (χ3v) is 4.77. The molecule has 1 atom stereocenters. The summed E-state index contributed by atoms with van der Waals surface area (Å²) in [5.74, 6) is 1.07. The van der Waals surface area contributed by atoms with Crippen LogP contribution in [0.5, 0.6) is 5.75 Å². The summed E-state index contributed by atoms with van der Waals surface area (Å²) in [5, 5.41) is 13.8. The Morgan fingerprint density at radius 1 is 1.17 bits per heavy atom. The van der Waals surface area contributed by atoms with Gasteiger partial charge in [-0.15, -0.1) is 0 Å². The fourth-order valence-corrected chi connectivity index (χ4v) is 3.12. The third-order valence-electron chi connectivity index (χ3n) is 4.77. The lowest BCUT2D eigenvalue weighted by Crippen LogP contribution is -2.38. The van der Waals surface area contributed by atoms with Crippen molar-refractivity contribution in [2.45, 2.75) is 12.6 Å². The number of para-hydroxylation sites is 1. The summed E-state index contributed by atoms with van der Waals surface area (Å²) >= 11 is 0. The third kappa shape index (κ3) is 4.55. The van der Waals surface area contributed by atoms with Crippen molar-refractivity contribution in [2.24, 2.45) is 14.1 Å². The SMILES string of the molecule is CN(C)CCNc1nc2c(c(=O)n(C)c(=O)n2C)n1C[C@@H](O)COc1ccccc1. The topological polar surface area (TPSA) is 107 Å². The van der Waals surface area contributed by atoms with Gasteiger partial charge in [-0.3, -0.25) is 13.9 Å². The molecule has 0 bridgehead atoms. The summed E-state index contributed by atoms with van der Waals surface area (Å²) in [7, 11) is 6.90. The number of benzene rings is 1. The average Bonchev–Trinajstić information content (AvgIpc) is 3.08. The van der Waals surface area contributed by atoms with Crippen molar-refractivity contribution in [2.75, 3.05) is 39.1 Å². The van der Waals surface area contributed by atoms with Gasteiger partial charge in [-0.1, -0.05) is 18.2 Å². The van der Waals surface area contributed by atoms with Gasteiger partial charge in [-0.25, -0.2) is 4.79 Å². The Balaban J connectivity index is 1.93. The van der Waals surface area contributed by atoms with Gasteiger partial charge in [0, 0.05) is 27.2 Å². The standard InChI is InChI=1S/C20H28N6O4/c1-23(2)11-10-21-19-22-17-16(18(28)25(4)20(29)24(17)3)26(19)12-14(27)13-30-15-8-6-5-7-9-15/h5-9,14,27H,10-13H2,1-4H3,(H,21,22)/t14-/m1/s1. The lowest BCUT2D eigenvalue weighted by molar-refractivity contribution is 0.0938. The van der Waals surface area contributed by atoms with Crippen LogP contribution in [0.15, 0.2) is 39.9 Å². The second kappa shape index (κ2) is 9.14. The first-order chi connectivity index (χ1) is 14.3. The van der Waals surface area contributed by atoms with E-state index in [-0.39, 0.29) is 24.3 Å². The van der Waals surface area contributed by atoms with Crippen LogP contribution >= 0.6 is 0 Å². The van der Waals surface area contributed by atoms with E-state index in [1.54, 1.807) is 23.7 Å². The molecule has 0 saturated carbocycles. The predicted octanol–water partition coefficient (Wildman–Crippen LogP) is -0.153.